The first kappa shape index (κ1) is 14.1. The van der Waals surface area contributed by atoms with Crippen LogP contribution >= 0.6 is 0 Å². The van der Waals surface area contributed by atoms with E-state index in [0.29, 0.717) is 5.92 Å². The molecule has 5 nitrogen and oxygen atoms in total. The molecular weight excluding hydrogens is 262 g/mol. The topological polar surface area (TPSA) is 70.8 Å². The number of rotatable bonds is 3. The summed E-state index contributed by atoms with van der Waals surface area (Å²) in [7, 11) is 0. The van der Waals surface area contributed by atoms with Gasteiger partial charge >= 0.3 is 0 Å². The zero-order chi connectivity index (χ0) is 14.8. The van der Waals surface area contributed by atoms with Crippen LogP contribution in [0, 0.1) is 19.8 Å². The molecule has 3 rings (SSSR count). The van der Waals surface area contributed by atoms with E-state index in [2.05, 4.69) is 47.1 Å². The molecule has 0 spiro atoms. The number of aromatic amines is 1. The molecule has 0 saturated carbocycles. The van der Waals surface area contributed by atoms with Gasteiger partial charge in [-0.2, -0.15) is 4.98 Å². The predicted octanol–water partition coefficient (Wildman–Crippen LogP) is 2.26. The van der Waals surface area contributed by atoms with Gasteiger partial charge in [0.15, 0.2) is 5.82 Å². The number of nitrogens with one attached hydrogen (secondary N) is 1. The smallest absolute Gasteiger partial charge is 0.245 e. The zero-order valence-corrected chi connectivity index (χ0v) is 12.8. The number of hydrogen-bond donors (Lipinski definition) is 2. The van der Waals surface area contributed by atoms with Crippen molar-refractivity contribution < 1.29 is 0 Å². The summed E-state index contributed by atoms with van der Waals surface area (Å²) in [6.07, 6.45) is 2.37. The van der Waals surface area contributed by atoms with Crippen molar-refractivity contribution >= 4 is 5.95 Å². The van der Waals surface area contributed by atoms with Crippen LogP contribution in [0.4, 0.5) is 5.95 Å². The molecule has 21 heavy (non-hydrogen) atoms. The number of H-pyrrole nitrogens is 1. The highest BCUT2D eigenvalue weighted by molar-refractivity contribution is 5.62. The number of benzene rings is 1. The fraction of sp³-hybridized carbons (Fsp3) is 0.500. The fourth-order valence-electron chi connectivity index (χ4n) is 2.96. The van der Waals surface area contributed by atoms with Crippen molar-refractivity contribution in [2.75, 3.05) is 24.5 Å². The van der Waals surface area contributed by atoms with Crippen molar-refractivity contribution in [3.63, 3.8) is 0 Å². The Morgan fingerprint density at radius 3 is 3.05 bits per heavy atom. The van der Waals surface area contributed by atoms with Gasteiger partial charge in [0.1, 0.15) is 0 Å². The summed E-state index contributed by atoms with van der Waals surface area (Å²) in [6, 6.07) is 6.27. The highest BCUT2D eigenvalue weighted by Crippen LogP contribution is 2.25. The first-order valence-corrected chi connectivity index (χ1v) is 7.63. The monoisotopic (exact) mass is 285 g/mol. The maximum Gasteiger partial charge on any atom is 0.245 e. The molecule has 1 atom stereocenters. The minimum atomic E-state index is 0.557. The van der Waals surface area contributed by atoms with Crippen molar-refractivity contribution in [3.8, 4) is 11.4 Å². The summed E-state index contributed by atoms with van der Waals surface area (Å²) in [4.78, 5) is 6.94. The Bertz CT molecular complexity index is 619. The number of anilines is 1. The summed E-state index contributed by atoms with van der Waals surface area (Å²) >= 11 is 0. The Hall–Kier alpha value is -1.88. The number of hydrogen-bond acceptors (Lipinski definition) is 4. The van der Waals surface area contributed by atoms with Gasteiger partial charge in [0, 0.05) is 18.7 Å². The maximum atomic E-state index is 5.80. The Kier molecular flexibility index (Phi) is 3.92. The zero-order valence-electron chi connectivity index (χ0n) is 12.8. The second-order valence-electron chi connectivity index (χ2n) is 5.92. The molecular formula is C16H23N5. The lowest BCUT2D eigenvalue weighted by atomic mass is 9.99. The van der Waals surface area contributed by atoms with Gasteiger partial charge in [-0.05, 0) is 50.3 Å². The van der Waals surface area contributed by atoms with Crippen LogP contribution in [0.5, 0.6) is 0 Å². The number of aromatic nitrogens is 3. The highest BCUT2D eigenvalue weighted by atomic mass is 15.4. The Morgan fingerprint density at radius 2 is 2.24 bits per heavy atom. The Morgan fingerprint density at radius 1 is 1.38 bits per heavy atom. The molecule has 1 aliphatic rings. The number of piperidine rings is 1. The van der Waals surface area contributed by atoms with Crippen molar-refractivity contribution in [3.05, 3.63) is 29.3 Å². The van der Waals surface area contributed by atoms with Crippen LogP contribution in [0.25, 0.3) is 11.4 Å². The minimum absolute atomic E-state index is 0.557. The van der Waals surface area contributed by atoms with Gasteiger partial charge < -0.3 is 10.6 Å². The first-order valence-electron chi connectivity index (χ1n) is 7.63. The Labute approximate surface area is 125 Å². The van der Waals surface area contributed by atoms with E-state index in [-0.39, 0.29) is 0 Å². The number of nitrogens with two attached hydrogens (primary N) is 1. The SMILES string of the molecule is Cc1cccc(-c2nc(N3CCCC(CN)C3)n[nH]2)c1C. The molecule has 1 aromatic heterocycles. The molecule has 1 aromatic carbocycles. The minimum Gasteiger partial charge on any atom is -0.339 e. The first-order chi connectivity index (χ1) is 10.2. The largest absolute Gasteiger partial charge is 0.339 e. The molecule has 0 radical (unpaired) electrons. The number of nitrogens with zero attached hydrogens (tertiary/aromatic N) is 3. The average Bonchev–Trinajstić information content (AvgIpc) is 3.00. The summed E-state index contributed by atoms with van der Waals surface area (Å²) in [5, 5.41) is 7.49. The van der Waals surface area contributed by atoms with Gasteiger partial charge in [-0.3, -0.25) is 5.10 Å². The van der Waals surface area contributed by atoms with Crippen LogP contribution in [0.3, 0.4) is 0 Å². The molecule has 1 aliphatic heterocycles. The highest BCUT2D eigenvalue weighted by Gasteiger charge is 2.22. The van der Waals surface area contributed by atoms with E-state index in [9.17, 15) is 0 Å². The maximum absolute atomic E-state index is 5.80. The molecule has 0 bridgehead atoms. The van der Waals surface area contributed by atoms with Crippen LogP contribution in [0.15, 0.2) is 18.2 Å². The quantitative estimate of drug-likeness (QED) is 0.907. The second kappa shape index (κ2) is 5.85. The van der Waals surface area contributed by atoms with E-state index in [0.717, 1.165) is 43.4 Å². The van der Waals surface area contributed by atoms with Crippen LogP contribution in [0.1, 0.15) is 24.0 Å². The van der Waals surface area contributed by atoms with E-state index < -0.39 is 0 Å². The molecule has 1 unspecified atom stereocenters. The van der Waals surface area contributed by atoms with Gasteiger partial charge in [-0.1, -0.05) is 18.2 Å². The molecule has 0 amide bonds. The standard InChI is InChI=1S/C16H23N5/c1-11-5-3-7-14(12(11)2)15-18-16(20-19-15)21-8-4-6-13(9-17)10-21/h3,5,7,13H,4,6,8-10,17H2,1-2H3,(H,18,19,20). The second-order valence-corrected chi connectivity index (χ2v) is 5.92. The Balaban J connectivity index is 1.85. The third kappa shape index (κ3) is 2.78. The van der Waals surface area contributed by atoms with E-state index in [4.69, 9.17) is 10.7 Å². The fourth-order valence-corrected chi connectivity index (χ4v) is 2.96. The molecule has 2 aromatic rings. The third-order valence-electron chi connectivity index (χ3n) is 4.47. The van der Waals surface area contributed by atoms with Gasteiger partial charge in [-0.25, -0.2) is 0 Å². The van der Waals surface area contributed by atoms with Gasteiger partial charge in [-0.15, -0.1) is 5.10 Å². The van der Waals surface area contributed by atoms with E-state index in [1.807, 2.05) is 0 Å². The van der Waals surface area contributed by atoms with Crippen LogP contribution in [0.2, 0.25) is 0 Å². The van der Waals surface area contributed by atoms with Crippen LogP contribution in [-0.4, -0.2) is 34.8 Å². The molecule has 0 aliphatic carbocycles. The molecule has 2 heterocycles. The van der Waals surface area contributed by atoms with Crippen molar-refractivity contribution in [2.45, 2.75) is 26.7 Å². The third-order valence-corrected chi connectivity index (χ3v) is 4.47. The molecule has 112 valence electrons. The number of aryl methyl sites for hydroxylation is 1. The average molecular weight is 285 g/mol. The van der Waals surface area contributed by atoms with Crippen molar-refractivity contribution in [1.82, 2.24) is 15.2 Å². The lowest BCUT2D eigenvalue weighted by molar-refractivity contribution is 0.420. The van der Waals surface area contributed by atoms with E-state index in [1.54, 1.807) is 0 Å². The molecule has 5 heteroatoms. The summed E-state index contributed by atoms with van der Waals surface area (Å²) in [6.45, 7) is 6.96. The molecule has 1 fully saturated rings. The predicted molar refractivity (Wildman–Crippen MR) is 85.3 cm³/mol. The molecule has 3 N–H and O–H groups in total. The van der Waals surface area contributed by atoms with Crippen molar-refractivity contribution in [2.24, 2.45) is 11.7 Å². The summed E-state index contributed by atoms with van der Waals surface area (Å²) in [5.41, 5.74) is 9.45. The van der Waals surface area contributed by atoms with Gasteiger partial charge in [0.25, 0.3) is 0 Å². The summed E-state index contributed by atoms with van der Waals surface area (Å²) < 4.78 is 0. The molecule has 1 saturated heterocycles. The lowest BCUT2D eigenvalue weighted by Gasteiger charge is -2.31. The van der Waals surface area contributed by atoms with E-state index >= 15 is 0 Å². The van der Waals surface area contributed by atoms with Gasteiger partial charge in [0.2, 0.25) is 5.95 Å². The van der Waals surface area contributed by atoms with Gasteiger partial charge in [0.05, 0.1) is 0 Å². The van der Waals surface area contributed by atoms with Crippen LogP contribution in [-0.2, 0) is 0 Å². The van der Waals surface area contributed by atoms with E-state index in [1.165, 1.54) is 17.5 Å². The normalized spacial score (nSPS) is 19.0. The van der Waals surface area contributed by atoms with Crippen LogP contribution < -0.4 is 10.6 Å². The van der Waals surface area contributed by atoms with Crippen molar-refractivity contribution in [1.29, 1.82) is 0 Å². The lowest BCUT2D eigenvalue weighted by Crippen LogP contribution is -2.38. The summed E-state index contributed by atoms with van der Waals surface area (Å²) in [5.74, 6) is 2.20.